The average Bonchev–Trinajstić information content (AvgIpc) is 2.60. The van der Waals surface area contributed by atoms with Crippen LogP contribution in [0.2, 0.25) is 0 Å². The molecule has 138 valence electrons. The zero-order valence-electron chi connectivity index (χ0n) is 14.6. The van der Waals surface area contributed by atoms with Crippen molar-refractivity contribution < 1.29 is 29.3 Å². The maximum Gasteiger partial charge on any atom is 0.513 e. The van der Waals surface area contributed by atoms with Crippen molar-refractivity contribution in [1.82, 2.24) is 5.32 Å². The quantitative estimate of drug-likeness (QED) is 0.416. The molecule has 26 heavy (non-hydrogen) atoms. The third-order valence-electron chi connectivity index (χ3n) is 3.69. The molecule has 2 aromatic carbocycles. The van der Waals surface area contributed by atoms with Crippen molar-refractivity contribution in [2.75, 3.05) is 13.2 Å². The molecule has 0 heterocycles. The number of carbonyl (C=O) groups excluding carboxylic acids is 2. The highest BCUT2D eigenvalue weighted by Gasteiger charge is 2.09. The molecule has 0 aliphatic rings. The number of carbonyl (C=O) groups is 2. The molecule has 0 saturated carbocycles. The van der Waals surface area contributed by atoms with E-state index in [0.29, 0.717) is 18.5 Å². The number of ether oxygens (including phenoxy) is 2. The van der Waals surface area contributed by atoms with E-state index in [1.165, 1.54) is 24.3 Å². The molecule has 0 bridgehead atoms. The first-order valence-corrected chi connectivity index (χ1v) is 8.15. The highest BCUT2D eigenvalue weighted by molar-refractivity contribution is 5.94. The van der Waals surface area contributed by atoms with Crippen LogP contribution < -0.4 is 10.1 Å². The summed E-state index contributed by atoms with van der Waals surface area (Å²) in [4.78, 5) is 23.4. The van der Waals surface area contributed by atoms with Gasteiger partial charge >= 0.3 is 6.16 Å². The van der Waals surface area contributed by atoms with Gasteiger partial charge < -0.3 is 25.0 Å². The second kappa shape index (κ2) is 8.75. The second-order valence-electron chi connectivity index (χ2n) is 5.58. The monoisotopic (exact) mass is 359 g/mol. The smallest absolute Gasteiger partial charge is 0.504 e. The Kier molecular flexibility index (Phi) is 6.43. The molecule has 7 heteroatoms. The fraction of sp³-hybridized carbons (Fsp3) is 0.263. The molecule has 0 unspecified atom stereocenters. The summed E-state index contributed by atoms with van der Waals surface area (Å²) in [7, 11) is 0. The Balaban J connectivity index is 1.88. The van der Waals surface area contributed by atoms with Gasteiger partial charge in [-0.3, -0.25) is 4.79 Å². The van der Waals surface area contributed by atoms with Crippen LogP contribution in [0.1, 0.15) is 28.4 Å². The standard InChI is InChI=1S/C19H21NO6/c1-3-25-19(24)26-15-6-4-13(5-7-15)18(23)20-9-8-14-11-17(22)16(21)10-12(14)2/h4-7,10-11,21-22H,3,8-9H2,1-2H3,(H,20,23). The van der Waals surface area contributed by atoms with E-state index >= 15 is 0 Å². The van der Waals surface area contributed by atoms with Crippen LogP contribution in [0.3, 0.4) is 0 Å². The number of benzene rings is 2. The molecule has 7 nitrogen and oxygen atoms in total. The molecule has 0 aliphatic carbocycles. The van der Waals surface area contributed by atoms with Crippen molar-refractivity contribution in [3.63, 3.8) is 0 Å². The molecular formula is C19H21NO6. The van der Waals surface area contributed by atoms with Crippen LogP contribution in [-0.2, 0) is 11.2 Å². The fourth-order valence-corrected chi connectivity index (χ4v) is 2.32. The molecule has 0 saturated heterocycles. The zero-order chi connectivity index (χ0) is 19.1. The largest absolute Gasteiger partial charge is 0.513 e. The Hall–Kier alpha value is -3.22. The molecule has 0 spiro atoms. The number of aryl methyl sites for hydroxylation is 1. The van der Waals surface area contributed by atoms with Gasteiger partial charge in [0.25, 0.3) is 5.91 Å². The normalized spacial score (nSPS) is 10.2. The zero-order valence-corrected chi connectivity index (χ0v) is 14.6. The van der Waals surface area contributed by atoms with Gasteiger partial charge in [0.2, 0.25) is 0 Å². The minimum absolute atomic E-state index is 0.166. The van der Waals surface area contributed by atoms with Crippen molar-refractivity contribution in [3.05, 3.63) is 53.1 Å². The van der Waals surface area contributed by atoms with Crippen molar-refractivity contribution in [3.8, 4) is 17.2 Å². The molecule has 0 atom stereocenters. The van der Waals surface area contributed by atoms with Crippen LogP contribution in [0.25, 0.3) is 0 Å². The van der Waals surface area contributed by atoms with Crippen LogP contribution in [0.5, 0.6) is 17.2 Å². The lowest BCUT2D eigenvalue weighted by atomic mass is 10.0. The predicted molar refractivity (Wildman–Crippen MR) is 94.6 cm³/mol. The Bertz CT molecular complexity index is 785. The minimum Gasteiger partial charge on any atom is -0.504 e. The maximum absolute atomic E-state index is 12.1. The van der Waals surface area contributed by atoms with Gasteiger partial charge in [0.15, 0.2) is 11.5 Å². The van der Waals surface area contributed by atoms with E-state index in [0.717, 1.165) is 11.1 Å². The SMILES string of the molecule is CCOC(=O)Oc1ccc(C(=O)NCCc2cc(O)c(O)cc2C)cc1. The van der Waals surface area contributed by atoms with Gasteiger partial charge in [-0.25, -0.2) is 4.79 Å². The first-order valence-electron chi connectivity index (χ1n) is 8.15. The Morgan fingerprint density at radius 2 is 1.73 bits per heavy atom. The molecule has 2 rings (SSSR count). The first kappa shape index (κ1) is 19.1. The highest BCUT2D eigenvalue weighted by atomic mass is 16.7. The van der Waals surface area contributed by atoms with Gasteiger partial charge in [-0.05, 0) is 67.8 Å². The molecule has 3 N–H and O–H groups in total. The topological polar surface area (TPSA) is 105 Å². The van der Waals surface area contributed by atoms with Crippen LogP contribution in [0, 0.1) is 6.92 Å². The first-order chi connectivity index (χ1) is 12.4. The highest BCUT2D eigenvalue weighted by Crippen LogP contribution is 2.28. The van der Waals surface area contributed by atoms with Crippen molar-refractivity contribution >= 4 is 12.1 Å². The average molecular weight is 359 g/mol. The van der Waals surface area contributed by atoms with Crippen LogP contribution in [-0.4, -0.2) is 35.4 Å². The van der Waals surface area contributed by atoms with E-state index in [9.17, 15) is 19.8 Å². The summed E-state index contributed by atoms with van der Waals surface area (Å²) in [5, 5.41) is 21.8. The summed E-state index contributed by atoms with van der Waals surface area (Å²) in [6, 6.07) is 9.07. The van der Waals surface area contributed by atoms with Gasteiger partial charge in [0.1, 0.15) is 5.75 Å². The minimum atomic E-state index is -0.794. The van der Waals surface area contributed by atoms with E-state index in [2.05, 4.69) is 10.1 Å². The summed E-state index contributed by atoms with van der Waals surface area (Å²) >= 11 is 0. The van der Waals surface area contributed by atoms with Crippen molar-refractivity contribution in [1.29, 1.82) is 0 Å². The summed E-state index contributed by atoms with van der Waals surface area (Å²) < 4.78 is 9.60. The Morgan fingerprint density at radius 3 is 2.38 bits per heavy atom. The maximum atomic E-state index is 12.1. The molecule has 0 aromatic heterocycles. The predicted octanol–water partition coefficient (Wildman–Crippen LogP) is 2.91. The van der Waals surface area contributed by atoms with E-state index in [-0.39, 0.29) is 29.8 Å². The lowest BCUT2D eigenvalue weighted by molar-refractivity contribution is 0.0954. The molecule has 1 amide bonds. The summed E-state index contributed by atoms with van der Waals surface area (Å²) in [6.07, 6.45) is -0.285. The molecule has 0 fully saturated rings. The number of amides is 1. The van der Waals surface area contributed by atoms with Gasteiger partial charge in [0, 0.05) is 12.1 Å². The van der Waals surface area contributed by atoms with Gasteiger partial charge in [-0.2, -0.15) is 0 Å². The summed E-state index contributed by atoms with van der Waals surface area (Å²) in [5.41, 5.74) is 2.08. The molecular weight excluding hydrogens is 338 g/mol. The number of nitrogens with one attached hydrogen (secondary N) is 1. The number of hydrogen-bond donors (Lipinski definition) is 3. The fourth-order valence-electron chi connectivity index (χ4n) is 2.32. The van der Waals surface area contributed by atoms with E-state index in [1.807, 2.05) is 6.92 Å². The van der Waals surface area contributed by atoms with Gasteiger partial charge in [-0.1, -0.05) is 0 Å². The van der Waals surface area contributed by atoms with E-state index in [4.69, 9.17) is 4.74 Å². The Labute approximate surface area is 151 Å². The molecule has 0 aliphatic heterocycles. The van der Waals surface area contributed by atoms with E-state index in [1.54, 1.807) is 19.1 Å². The van der Waals surface area contributed by atoms with Gasteiger partial charge in [-0.15, -0.1) is 0 Å². The summed E-state index contributed by atoms with van der Waals surface area (Å²) in [6.45, 7) is 4.08. The third kappa shape index (κ3) is 5.14. The van der Waals surface area contributed by atoms with Crippen molar-refractivity contribution in [2.45, 2.75) is 20.3 Å². The number of phenolic OH excluding ortho intramolecular Hbond substituents is 2. The molecule has 0 radical (unpaired) electrons. The second-order valence-corrected chi connectivity index (χ2v) is 5.58. The molecule has 2 aromatic rings. The lowest BCUT2D eigenvalue weighted by Crippen LogP contribution is -2.25. The van der Waals surface area contributed by atoms with Crippen molar-refractivity contribution in [2.24, 2.45) is 0 Å². The van der Waals surface area contributed by atoms with Crippen LogP contribution in [0.15, 0.2) is 36.4 Å². The number of rotatable bonds is 6. The summed E-state index contributed by atoms with van der Waals surface area (Å²) in [5.74, 6) is -0.335. The Morgan fingerprint density at radius 1 is 1.08 bits per heavy atom. The number of phenols is 2. The van der Waals surface area contributed by atoms with E-state index < -0.39 is 6.16 Å². The van der Waals surface area contributed by atoms with Gasteiger partial charge in [0.05, 0.1) is 6.61 Å². The lowest BCUT2D eigenvalue weighted by Gasteiger charge is -2.10. The van der Waals surface area contributed by atoms with Crippen LogP contribution in [0.4, 0.5) is 4.79 Å². The third-order valence-corrected chi connectivity index (χ3v) is 3.69. The van der Waals surface area contributed by atoms with Crippen LogP contribution >= 0.6 is 0 Å². The number of aromatic hydroxyl groups is 2. The number of hydrogen-bond acceptors (Lipinski definition) is 6.